The second kappa shape index (κ2) is 7.03. The van der Waals surface area contributed by atoms with Gasteiger partial charge in [0.2, 0.25) is 0 Å². The molecule has 8 nitrogen and oxygen atoms in total. The highest BCUT2D eigenvalue weighted by Crippen LogP contribution is 2.43. The molecule has 0 bridgehead atoms. The highest BCUT2D eigenvalue weighted by Gasteiger charge is 2.35. The zero-order chi connectivity index (χ0) is 20.9. The second-order valence-corrected chi connectivity index (χ2v) is 10.4. The lowest BCUT2D eigenvalue weighted by molar-refractivity contribution is 0.420. The first-order chi connectivity index (χ1) is 13.0. The van der Waals surface area contributed by atoms with Crippen LogP contribution in [0.4, 0.5) is 0 Å². The number of hydrogen-bond donors (Lipinski definition) is 1. The first-order valence-corrected chi connectivity index (χ1v) is 11.4. The summed E-state index contributed by atoms with van der Waals surface area (Å²) in [6.45, 7) is 1.57. The van der Waals surface area contributed by atoms with Gasteiger partial charge >= 0.3 is 10.3 Å². The smallest absolute Gasteiger partial charge is 0.384 e. The number of hydrogen-bond acceptors (Lipinski definition) is 7. The summed E-state index contributed by atoms with van der Waals surface area (Å²) in [6.07, 6.45) is 1.43. The van der Waals surface area contributed by atoms with E-state index in [0.717, 1.165) is 4.31 Å². The molecule has 0 atom stereocenters. The van der Waals surface area contributed by atoms with Crippen LogP contribution in [0, 0.1) is 6.92 Å². The van der Waals surface area contributed by atoms with Crippen LogP contribution in [0.25, 0.3) is 10.7 Å². The Balaban J connectivity index is 2.26. The first-order valence-electron chi connectivity index (χ1n) is 7.97. The van der Waals surface area contributed by atoms with Gasteiger partial charge in [0.1, 0.15) is 10.6 Å². The maximum atomic E-state index is 12.8. The third kappa shape index (κ3) is 3.48. The van der Waals surface area contributed by atoms with E-state index in [2.05, 4.69) is 4.98 Å². The number of aromatic nitrogens is 1. The lowest BCUT2D eigenvalue weighted by atomic mass is 10.1. The summed E-state index contributed by atoms with van der Waals surface area (Å²) in [7, 11) is -5.52. The maximum absolute atomic E-state index is 12.8. The summed E-state index contributed by atoms with van der Waals surface area (Å²) in [5.74, 6) is -1.13. The summed E-state index contributed by atoms with van der Waals surface area (Å²) in [5.41, 5.74) is 0.807. The SMILES string of the molecule is Cc1ccc(C2=C(O)c3ncccc3CS2(=O)=O)c(Cl)c1OS(=O)(=O)N(C)C. The Bertz CT molecular complexity index is 1200. The quantitative estimate of drug-likeness (QED) is 0.770. The fourth-order valence-electron chi connectivity index (χ4n) is 2.71. The van der Waals surface area contributed by atoms with E-state index in [9.17, 15) is 21.9 Å². The number of aliphatic hydroxyl groups excluding tert-OH is 1. The van der Waals surface area contributed by atoms with Crippen LogP contribution >= 0.6 is 11.6 Å². The average Bonchev–Trinajstić information content (AvgIpc) is 2.59. The molecule has 28 heavy (non-hydrogen) atoms. The normalized spacial score (nSPS) is 16.2. The lowest BCUT2D eigenvalue weighted by Crippen LogP contribution is -2.27. The second-order valence-electron chi connectivity index (χ2n) is 6.34. The average molecular weight is 445 g/mol. The molecule has 0 saturated heterocycles. The molecule has 1 aliphatic rings. The molecular weight excluding hydrogens is 428 g/mol. The molecular formula is C17H17ClN2O6S2. The van der Waals surface area contributed by atoms with Crippen molar-refractivity contribution in [3.63, 3.8) is 0 Å². The largest absolute Gasteiger partial charge is 0.504 e. The van der Waals surface area contributed by atoms with E-state index in [1.165, 1.54) is 32.4 Å². The number of sulfone groups is 1. The van der Waals surface area contributed by atoms with Crippen LogP contribution < -0.4 is 4.18 Å². The summed E-state index contributed by atoms with van der Waals surface area (Å²) < 4.78 is 55.8. The Kier molecular flexibility index (Phi) is 5.17. The molecule has 0 spiro atoms. The van der Waals surface area contributed by atoms with E-state index in [1.54, 1.807) is 19.1 Å². The van der Waals surface area contributed by atoms with Crippen LogP contribution in [0.5, 0.6) is 5.75 Å². The predicted octanol–water partition coefficient (Wildman–Crippen LogP) is 2.54. The number of benzene rings is 1. The predicted molar refractivity (Wildman–Crippen MR) is 106 cm³/mol. The van der Waals surface area contributed by atoms with Gasteiger partial charge in [-0.25, -0.2) is 8.42 Å². The van der Waals surface area contributed by atoms with E-state index >= 15 is 0 Å². The Labute approximate surface area is 168 Å². The number of halogens is 1. The minimum Gasteiger partial charge on any atom is -0.504 e. The van der Waals surface area contributed by atoms with Gasteiger partial charge in [0.05, 0.1) is 10.8 Å². The molecule has 150 valence electrons. The van der Waals surface area contributed by atoms with Gasteiger partial charge in [0.15, 0.2) is 21.3 Å². The molecule has 0 aliphatic carbocycles. The molecule has 0 amide bonds. The van der Waals surface area contributed by atoms with Crippen molar-refractivity contribution >= 4 is 42.4 Å². The van der Waals surface area contributed by atoms with Crippen molar-refractivity contribution < 1.29 is 26.1 Å². The van der Waals surface area contributed by atoms with Gasteiger partial charge in [0, 0.05) is 25.9 Å². The third-order valence-corrected chi connectivity index (χ3v) is 7.53. The molecule has 1 aromatic heterocycles. The number of rotatable bonds is 4. The fraction of sp³-hybridized carbons (Fsp3) is 0.235. The topological polar surface area (TPSA) is 114 Å². The van der Waals surface area contributed by atoms with Gasteiger partial charge in [-0.1, -0.05) is 29.8 Å². The van der Waals surface area contributed by atoms with Crippen molar-refractivity contribution in [3.05, 3.63) is 57.9 Å². The van der Waals surface area contributed by atoms with Gasteiger partial charge < -0.3 is 9.29 Å². The molecule has 1 aromatic carbocycles. The molecule has 2 heterocycles. The van der Waals surface area contributed by atoms with Crippen molar-refractivity contribution in [2.24, 2.45) is 0 Å². The molecule has 0 unspecified atom stereocenters. The fourth-order valence-corrected chi connectivity index (χ4v) is 5.41. The minimum atomic E-state index is -4.13. The van der Waals surface area contributed by atoms with Crippen molar-refractivity contribution in [1.82, 2.24) is 9.29 Å². The van der Waals surface area contributed by atoms with Crippen LogP contribution in [0.1, 0.15) is 22.4 Å². The minimum absolute atomic E-state index is 0.0648. The number of aryl methyl sites for hydroxylation is 1. The molecule has 1 N–H and O–H groups in total. The summed E-state index contributed by atoms with van der Waals surface area (Å²) in [4.78, 5) is 3.62. The first kappa shape index (κ1) is 20.6. The Hall–Kier alpha value is -2.14. The van der Waals surface area contributed by atoms with Crippen LogP contribution in [-0.2, 0) is 25.9 Å². The van der Waals surface area contributed by atoms with Crippen LogP contribution in [0.3, 0.4) is 0 Å². The molecule has 2 aromatic rings. The van der Waals surface area contributed by atoms with E-state index in [4.69, 9.17) is 15.8 Å². The number of nitrogens with zero attached hydrogens (tertiary/aromatic N) is 2. The standard InChI is InChI=1S/C17H17ClN2O6S2/c1-10-6-7-12(13(18)16(10)26-28(24,25)20(2)3)17-15(21)14-11(5-4-8-19-14)9-27(17,22)23/h4-8,21H,9H2,1-3H3. The van der Waals surface area contributed by atoms with Crippen molar-refractivity contribution in [3.8, 4) is 5.75 Å². The summed E-state index contributed by atoms with van der Waals surface area (Å²) >= 11 is 6.34. The van der Waals surface area contributed by atoms with Gasteiger partial charge in [-0.3, -0.25) is 4.98 Å². The Morgan fingerprint density at radius 3 is 2.57 bits per heavy atom. The van der Waals surface area contributed by atoms with Crippen LogP contribution in [0.15, 0.2) is 30.5 Å². The van der Waals surface area contributed by atoms with Gasteiger partial charge in [0.25, 0.3) is 0 Å². The van der Waals surface area contributed by atoms with Crippen LogP contribution in [-0.4, -0.2) is 45.3 Å². The monoisotopic (exact) mass is 444 g/mol. The number of pyridine rings is 1. The van der Waals surface area contributed by atoms with Crippen molar-refractivity contribution in [2.45, 2.75) is 12.7 Å². The maximum Gasteiger partial charge on any atom is 0.384 e. The zero-order valence-electron chi connectivity index (χ0n) is 15.2. The molecule has 0 saturated carbocycles. The zero-order valence-corrected chi connectivity index (χ0v) is 17.6. The van der Waals surface area contributed by atoms with Crippen LogP contribution in [0.2, 0.25) is 5.02 Å². The van der Waals surface area contributed by atoms with Gasteiger partial charge in [-0.2, -0.15) is 12.7 Å². The van der Waals surface area contributed by atoms with E-state index in [1.807, 2.05) is 0 Å². The molecule has 1 aliphatic heterocycles. The molecule has 3 rings (SSSR count). The summed E-state index contributed by atoms with van der Waals surface area (Å²) in [6, 6.07) is 5.99. The number of aliphatic hydroxyl groups is 1. The molecule has 0 fully saturated rings. The van der Waals surface area contributed by atoms with Gasteiger partial charge in [-0.05, 0) is 24.1 Å². The van der Waals surface area contributed by atoms with E-state index < -0.39 is 30.8 Å². The number of fused-ring (bicyclic) bond motifs is 1. The van der Waals surface area contributed by atoms with E-state index in [0.29, 0.717) is 11.1 Å². The van der Waals surface area contributed by atoms with Gasteiger partial charge in [-0.15, -0.1) is 0 Å². The highest BCUT2D eigenvalue weighted by atomic mass is 35.5. The van der Waals surface area contributed by atoms with E-state index in [-0.39, 0.29) is 27.8 Å². The molecule has 11 heteroatoms. The van der Waals surface area contributed by atoms with Crippen molar-refractivity contribution in [1.29, 1.82) is 0 Å². The third-order valence-electron chi connectivity index (χ3n) is 4.16. The Morgan fingerprint density at radius 1 is 1.25 bits per heavy atom. The van der Waals surface area contributed by atoms with Crippen molar-refractivity contribution in [2.75, 3.05) is 14.1 Å². The Morgan fingerprint density at radius 2 is 1.93 bits per heavy atom. The summed E-state index contributed by atoms with van der Waals surface area (Å²) in [5, 5.41) is 10.4. The molecule has 0 radical (unpaired) electrons. The highest BCUT2D eigenvalue weighted by molar-refractivity contribution is 8.00. The lowest BCUT2D eigenvalue weighted by Gasteiger charge is -2.21.